The van der Waals surface area contributed by atoms with Gasteiger partial charge in [-0.25, -0.2) is 4.39 Å². The number of non-ortho nitro benzene ring substituents is 1. The Morgan fingerprint density at radius 1 is 1.53 bits per heavy atom. The third-order valence-electron chi connectivity index (χ3n) is 4.03. The Hall–Kier alpha value is -1.49. The van der Waals surface area contributed by atoms with Gasteiger partial charge in [-0.2, -0.15) is 0 Å². The summed E-state index contributed by atoms with van der Waals surface area (Å²) in [6.07, 6.45) is 4.50. The molecule has 0 bridgehead atoms. The summed E-state index contributed by atoms with van der Waals surface area (Å²) in [4.78, 5) is 10.2. The van der Waals surface area contributed by atoms with Crippen molar-refractivity contribution in [2.24, 2.45) is 11.7 Å². The molecule has 1 aromatic carbocycles. The number of nitrogens with two attached hydrogens (primary N) is 1. The topological polar surface area (TPSA) is 69.2 Å². The summed E-state index contributed by atoms with van der Waals surface area (Å²) in [6, 6.07) is 3.72. The van der Waals surface area contributed by atoms with Gasteiger partial charge in [0.25, 0.3) is 5.69 Å². The zero-order valence-electron chi connectivity index (χ0n) is 11.1. The third kappa shape index (κ3) is 3.29. The monoisotopic (exact) mass is 266 g/mol. The molecule has 1 saturated carbocycles. The van der Waals surface area contributed by atoms with Crippen LogP contribution in [-0.2, 0) is 6.42 Å². The summed E-state index contributed by atoms with van der Waals surface area (Å²) in [7, 11) is 0. The van der Waals surface area contributed by atoms with E-state index in [4.69, 9.17) is 5.73 Å². The highest BCUT2D eigenvalue weighted by atomic mass is 19.1. The molecule has 19 heavy (non-hydrogen) atoms. The largest absolute Gasteiger partial charge is 0.325 e. The highest BCUT2D eigenvalue weighted by Crippen LogP contribution is 2.37. The number of benzene rings is 1. The van der Waals surface area contributed by atoms with Crippen molar-refractivity contribution in [3.8, 4) is 0 Å². The Kier molecular flexibility index (Phi) is 3.85. The van der Waals surface area contributed by atoms with Crippen LogP contribution in [0.3, 0.4) is 0 Å². The fourth-order valence-electron chi connectivity index (χ4n) is 3.03. The minimum atomic E-state index is -0.571. The average molecular weight is 266 g/mol. The van der Waals surface area contributed by atoms with Gasteiger partial charge >= 0.3 is 0 Å². The molecule has 1 fully saturated rings. The van der Waals surface area contributed by atoms with Crippen LogP contribution in [0.5, 0.6) is 0 Å². The second-order valence-electron chi connectivity index (χ2n) is 5.63. The number of rotatable bonds is 4. The van der Waals surface area contributed by atoms with E-state index in [2.05, 4.69) is 6.92 Å². The molecule has 5 heteroatoms. The lowest BCUT2D eigenvalue weighted by molar-refractivity contribution is -0.385. The molecule has 0 aromatic heterocycles. The summed E-state index contributed by atoms with van der Waals surface area (Å²) >= 11 is 0. The van der Waals surface area contributed by atoms with E-state index in [1.807, 2.05) is 0 Å². The number of nitrogens with zero attached hydrogens (tertiary/aromatic N) is 1. The molecule has 2 atom stereocenters. The number of hydrogen-bond donors (Lipinski definition) is 1. The quantitative estimate of drug-likeness (QED) is 0.672. The van der Waals surface area contributed by atoms with Gasteiger partial charge in [0.15, 0.2) is 0 Å². The summed E-state index contributed by atoms with van der Waals surface area (Å²) < 4.78 is 13.4. The predicted molar refractivity (Wildman–Crippen MR) is 71.3 cm³/mol. The van der Waals surface area contributed by atoms with Gasteiger partial charge in [-0.05, 0) is 43.2 Å². The number of halogens is 1. The van der Waals surface area contributed by atoms with Crippen LogP contribution in [0, 0.1) is 21.8 Å². The van der Waals surface area contributed by atoms with Gasteiger partial charge in [0.05, 0.1) is 11.0 Å². The van der Waals surface area contributed by atoms with Crippen molar-refractivity contribution in [1.29, 1.82) is 0 Å². The molecule has 4 nitrogen and oxygen atoms in total. The maximum absolute atomic E-state index is 13.4. The van der Waals surface area contributed by atoms with Gasteiger partial charge in [-0.1, -0.05) is 13.3 Å². The van der Waals surface area contributed by atoms with Crippen molar-refractivity contribution < 1.29 is 9.31 Å². The normalized spacial score (nSPS) is 26.6. The van der Waals surface area contributed by atoms with Crippen LogP contribution in [0.4, 0.5) is 10.1 Å². The molecule has 1 aromatic rings. The Morgan fingerprint density at radius 3 is 2.84 bits per heavy atom. The van der Waals surface area contributed by atoms with Crippen molar-refractivity contribution in [1.82, 2.24) is 0 Å². The smallest absolute Gasteiger partial charge is 0.272 e. The van der Waals surface area contributed by atoms with Crippen LogP contribution in [0.25, 0.3) is 0 Å². The lowest BCUT2D eigenvalue weighted by Crippen LogP contribution is -2.39. The number of hydrogen-bond acceptors (Lipinski definition) is 3. The zero-order chi connectivity index (χ0) is 14.0. The second-order valence-corrected chi connectivity index (χ2v) is 5.63. The van der Waals surface area contributed by atoms with Gasteiger partial charge in [0.2, 0.25) is 0 Å². The van der Waals surface area contributed by atoms with E-state index in [9.17, 15) is 14.5 Å². The van der Waals surface area contributed by atoms with E-state index in [-0.39, 0.29) is 11.2 Å². The van der Waals surface area contributed by atoms with E-state index >= 15 is 0 Å². The molecule has 1 aliphatic carbocycles. The van der Waals surface area contributed by atoms with Crippen molar-refractivity contribution in [3.63, 3.8) is 0 Å². The van der Waals surface area contributed by atoms with E-state index in [0.29, 0.717) is 17.9 Å². The van der Waals surface area contributed by atoms with Crippen LogP contribution >= 0.6 is 0 Å². The summed E-state index contributed by atoms with van der Waals surface area (Å²) in [6.45, 7) is 2.14. The summed E-state index contributed by atoms with van der Waals surface area (Å²) in [5.74, 6) is 0.0476. The van der Waals surface area contributed by atoms with Gasteiger partial charge in [-0.3, -0.25) is 10.1 Å². The minimum absolute atomic E-state index is 0.205. The highest BCUT2D eigenvalue weighted by Gasteiger charge is 2.35. The van der Waals surface area contributed by atoms with Gasteiger partial charge in [0.1, 0.15) is 5.82 Å². The lowest BCUT2D eigenvalue weighted by Gasteiger charge is -2.24. The van der Waals surface area contributed by atoms with Gasteiger partial charge in [0, 0.05) is 11.6 Å². The molecule has 0 aliphatic heterocycles. The van der Waals surface area contributed by atoms with Crippen molar-refractivity contribution in [3.05, 3.63) is 39.7 Å². The average Bonchev–Trinajstić information content (AvgIpc) is 2.70. The first-order valence-corrected chi connectivity index (χ1v) is 6.64. The molecule has 1 aliphatic rings. The summed E-state index contributed by atoms with van der Waals surface area (Å²) in [5.41, 5.74) is 6.41. The number of nitro benzene ring substituents is 1. The molecule has 0 heterocycles. The van der Waals surface area contributed by atoms with Crippen molar-refractivity contribution >= 4 is 5.69 Å². The van der Waals surface area contributed by atoms with Gasteiger partial charge in [-0.15, -0.1) is 0 Å². The van der Waals surface area contributed by atoms with Crippen LogP contribution in [-0.4, -0.2) is 10.5 Å². The fraction of sp³-hybridized carbons (Fsp3) is 0.571. The standard InChI is InChI=1S/C14H19FN2O2/c1-2-10-3-4-14(16,8-10)9-11-5-12(15)7-13(6-11)17(18)19/h5-7,10H,2-4,8-9,16H2,1H3. The zero-order valence-corrected chi connectivity index (χ0v) is 11.1. The van der Waals surface area contributed by atoms with Crippen LogP contribution < -0.4 is 5.73 Å². The summed E-state index contributed by atoms with van der Waals surface area (Å²) in [5, 5.41) is 10.7. The fourth-order valence-corrected chi connectivity index (χ4v) is 3.03. The van der Waals surface area contributed by atoms with Crippen molar-refractivity contribution in [2.45, 2.75) is 44.6 Å². The van der Waals surface area contributed by atoms with E-state index in [0.717, 1.165) is 31.7 Å². The first kappa shape index (κ1) is 13.9. The predicted octanol–water partition coefficient (Wildman–Crippen LogP) is 3.18. The maximum Gasteiger partial charge on any atom is 0.272 e. The highest BCUT2D eigenvalue weighted by molar-refractivity contribution is 5.36. The molecule has 0 spiro atoms. The molecular weight excluding hydrogens is 247 g/mol. The molecule has 2 rings (SSSR count). The Labute approximate surface area is 112 Å². The van der Waals surface area contributed by atoms with E-state index in [1.54, 1.807) is 0 Å². The van der Waals surface area contributed by atoms with Gasteiger partial charge < -0.3 is 5.73 Å². The van der Waals surface area contributed by atoms with Crippen LogP contribution in [0.15, 0.2) is 18.2 Å². The lowest BCUT2D eigenvalue weighted by atomic mass is 9.88. The van der Waals surface area contributed by atoms with Crippen LogP contribution in [0.2, 0.25) is 0 Å². The first-order valence-electron chi connectivity index (χ1n) is 6.64. The first-order chi connectivity index (χ1) is 8.92. The number of nitro groups is 1. The molecular formula is C14H19FN2O2. The molecule has 2 N–H and O–H groups in total. The Morgan fingerprint density at radius 2 is 2.26 bits per heavy atom. The second kappa shape index (κ2) is 5.25. The molecule has 0 saturated heterocycles. The minimum Gasteiger partial charge on any atom is -0.325 e. The SMILES string of the molecule is CCC1CCC(N)(Cc2cc(F)cc([N+](=O)[O-])c2)C1. The molecule has 0 radical (unpaired) electrons. The maximum atomic E-state index is 13.4. The third-order valence-corrected chi connectivity index (χ3v) is 4.03. The Bertz CT molecular complexity index is 492. The Balaban J connectivity index is 2.17. The molecule has 104 valence electrons. The molecule has 2 unspecified atom stereocenters. The van der Waals surface area contributed by atoms with E-state index in [1.165, 1.54) is 12.1 Å². The van der Waals surface area contributed by atoms with Crippen molar-refractivity contribution in [2.75, 3.05) is 0 Å². The van der Waals surface area contributed by atoms with E-state index < -0.39 is 10.7 Å². The molecule has 0 amide bonds. The van der Waals surface area contributed by atoms with Crippen LogP contribution in [0.1, 0.15) is 38.2 Å².